The van der Waals surface area contributed by atoms with Crippen molar-refractivity contribution < 1.29 is 13.9 Å². The summed E-state index contributed by atoms with van der Waals surface area (Å²) < 4.78 is 18.6. The highest BCUT2D eigenvalue weighted by atomic mass is 32.1. The number of hydrogen-bond acceptors (Lipinski definition) is 4. The molecule has 0 saturated heterocycles. The lowest BCUT2D eigenvalue weighted by Gasteiger charge is -2.19. The van der Waals surface area contributed by atoms with Crippen molar-refractivity contribution in [3.05, 3.63) is 46.7 Å². The van der Waals surface area contributed by atoms with Gasteiger partial charge in [0.25, 0.3) is 0 Å². The van der Waals surface area contributed by atoms with Crippen molar-refractivity contribution in [1.82, 2.24) is 15.6 Å². The molecule has 2 aromatic rings. The fourth-order valence-corrected chi connectivity index (χ4v) is 3.21. The monoisotopic (exact) mass is 349 g/mol. The van der Waals surface area contributed by atoms with E-state index >= 15 is 0 Å². The molecule has 1 aliphatic rings. The fourth-order valence-electron chi connectivity index (χ4n) is 2.43. The third-order valence-corrected chi connectivity index (χ3v) is 4.63. The van der Waals surface area contributed by atoms with Gasteiger partial charge in [0.15, 0.2) is 0 Å². The van der Waals surface area contributed by atoms with Crippen molar-refractivity contribution in [2.45, 2.75) is 31.8 Å². The molecule has 1 aromatic heterocycles. The Balaban J connectivity index is 1.47. The Hall–Kier alpha value is -2.15. The number of amides is 2. The number of urea groups is 1. The first kappa shape index (κ1) is 16.7. The van der Waals surface area contributed by atoms with E-state index in [1.165, 1.54) is 12.1 Å². The van der Waals surface area contributed by atoms with Crippen LogP contribution in [0.1, 0.15) is 30.8 Å². The molecule has 0 bridgehead atoms. The Morgan fingerprint density at radius 3 is 2.96 bits per heavy atom. The van der Waals surface area contributed by atoms with Gasteiger partial charge in [-0.05, 0) is 37.8 Å². The molecule has 0 aliphatic heterocycles. The van der Waals surface area contributed by atoms with Crippen LogP contribution in [0.15, 0.2) is 35.8 Å². The van der Waals surface area contributed by atoms with E-state index in [9.17, 15) is 9.18 Å². The van der Waals surface area contributed by atoms with Gasteiger partial charge in [-0.2, -0.15) is 0 Å². The highest BCUT2D eigenvalue weighted by Gasteiger charge is 2.35. The van der Waals surface area contributed by atoms with Crippen LogP contribution < -0.4 is 15.4 Å². The lowest BCUT2D eigenvalue weighted by molar-refractivity contribution is 0.221. The second-order valence-corrected chi connectivity index (χ2v) is 6.90. The van der Waals surface area contributed by atoms with E-state index in [4.69, 9.17) is 4.74 Å². The van der Waals surface area contributed by atoms with E-state index in [1.807, 2.05) is 12.3 Å². The van der Waals surface area contributed by atoms with E-state index in [0.29, 0.717) is 11.7 Å². The quantitative estimate of drug-likeness (QED) is 0.804. The first-order valence-corrected chi connectivity index (χ1v) is 8.84. The zero-order valence-corrected chi connectivity index (χ0v) is 14.2. The maximum Gasteiger partial charge on any atom is 0.315 e. The topological polar surface area (TPSA) is 63.2 Å². The number of hydrogen-bond donors (Lipinski definition) is 2. The van der Waals surface area contributed by atoms with Gasteiger partial charge in [-0.3, -0.25) is 0 Å². The highest BCUT2D eigenvalue weighted by molar-refractivity contribution is 7.09. The second kappa shape index (κ2) is 7.61. The minimum atomic E-state index is -0.346. The van der Waals surface area contributed by atoms with Gasteiger partial charge in [-0.15, -0.1) is 11.3 Å². The van der Waals surface area contributed by atoms with Gasteiger partial charge in [-0.25, -0.2) is 14.2 Å². The van der Waals surface area contributed by atoms with Gasteiger partial charge in [-0.1, -0.05) is 6.07 Å². The summed E-state index contributed by atoms with van der Waals surface area (Å²) in [7, 11) is 0. The number of thiazole rings is 1. The maximum atomic E-state index is 13.1. The number of ether oxygens (including phenoxy) is 1. The molecule has 2 N–H and O–H groups in total. The van der Waals surface area contributed by atoms with Crippen molar-refractivity contribution in [2.24, 2.45) is 5.92 Å². The van der Waals surface area contributed by atoms with Crippen LogP contribution in [0.3, 0.4) is 0 Å². The largest absolute Gasteiger partial charge is 0.491 e. The molecule has 5 nitrogen and oxygen atoms in total. The highest BCUT2D eigenvalue weighted by Crippen LogP contribution is 2.41. The number of nitrogens with one attached hydrogen (secondary N) is 2. The number of carbonyl (C=O) groups excluding carboxylic acids is 1. The van der Waals surface area contributed by atoms with Crippen LogP contribution in [0.25, 0.3) is 0 Å². The maximum absolute atomic E-state index is 13.1. The van der Waals surface area contributed by atoms with Crippen molar-refractivity contribution >= 4 is 17.4 Å². The minimum Gasteiger partial charge on any atom is -0.491 e. The molecule has 2 amide bonds. The molecule has 1 aliphatic carbocycles. The average Bonchev–Trinajstić information content (AvgIpc) is 3.25. The average molecular weight is 349 g/mol. The normalized spacial score (nSPS) is 16.2. The first-order chi connectivity index (χ1) is 11.6. The van der Waals surface area contributed by atoms with Gasteiger partial charge < -0.3 is 15.4 Å². The lowest BCUT2D eigenvalue weighted by Crippen LogP contribution is -2.45. The van der Waals surface area contributed by atoms with E-state index < -0.39 is 0 Å². The molecule has 128 valence electrons. The van der Waals surface area contributed by atoms with Crippen molar-refractivity contribution in [1.29, 1.82) is 0 Å². The second-order valence-electron chi connectivity index (χ2n) is 5.97. The Labute approximate surface area is 144 Å². The molecule has 0 unspecified atom stereocenters. The number of halogens is 1. The number of nitrogens with zero attached hydrogens (tertiary/aromatic N) is 1. The molecular formula is C17H20FN3O2S. The Kier molecular flexibility index (Phi) is 5.30. The first-order valence-electron chi connectivity index (χ1n) is 7.96. The van der Waals surface area contributed by atoms with Crippen LogP contribution in [0.5, 0.6) is 5.75 Å². The molecule has 7 heteroatoms. The fraction of sp³-hybridized carbons (Fsp3) is 0.412. The molecule has 24 heavy (non-hydrogen) atoms. The van der Waals surface area contributed by atoms with Gasteiger partial charge in [0.1, 0.15) is 23.2 Å². The smallest absolute Gasteiger partial charge is 0.315 e. The Morgan fingerprint density at radius 1 is 1.46 bits per heavy atom. The molecule has 2 atom stereocenters. The molecule has 0 radical (unpaired) electrons. The Morgan fingerprint density at radius 2 is 2.29 bits per heavy atom. The van der Waals surface area contributed by atoms with E-state index in [1.54, 1.807) is 29.7 Å². The van der Waals surface area contributed by atoms with Crippen molar-refractivity contribution in [3.63, 3.8) is 0 Å². The molecule has 1 fully saturated rings. The van der Waals surface area contributed by atoms with Crippen LogP contribution >= 0.6 is 11.3 Å². The summed E-state index contributed by atoms with van der Waals surface area (Å²) in [6, 6.07) is 5.48. The zero-order valence-electron chi connectivity index (χ0n) is 13.4. The molecule has 3 rings (SSSR count). The summed E-state index contributed by atoms with van der Waals surface area (Å²) in [6.07, 6.45) is 3.98. The summed E-state index contributed by atoms with van der Waals surface area (Å²) >= 11 is 1.56. The summed E-state index contributed by atoms with van der Waals surface area (Å²) in [5, 5.41) is 8.71. The zero-order chi connectivity index (χ0) is 16.9. The Bertz CT molecular complexity index is 676. The van der Waals surface area contributed by atoms with Crippen LogP contribution in [-0.4, -0.2) is 23.7 Å². The predicted molar refractivity (Wildman–Crippen MR) is 90.6 cm³/mol. The molecular weight excluding hydrogens is 329 g/mol. The third-order valence-electron chi connectivity index (χ3n) is 3.77. The summed E-state index contributed by atoms with van der Waals surface area (Å²) in [5.74, 6) is 0.574. The van der Waals surface area contributed by atoms with E-state index in [2.05, 4.69) is 15.6 Å². The van der Waals surface area contributed by atoms with Crippen LogP contribution in [0.2, 0.25) is 0 Å². The van der Waals surface area contributed by atoms with Gasteiger partial charge in [0.2, 0.25) is 0 Å². The summed E-state index contributed by atoms with van der Waals surface area (Å²) in [4.78, 5) is 16.5. The SMILES string of the molecule is C[C@H](COc1cccc(F)c1)NC(=O)N[C@H](c1nccs1)C1CC1. The minimum absolute atomic E-state index is 0.0265. The van der Waals surface area contributed by atoms with Crippen LogP contribution in [-0.2, 0) is 0 Å². The summed E-state index contributed by atoms with van der Waals surface area (Å²) in [5.41, 5.74) is 0. The van der Waals surface area contributed by atoms with E-state index in [-0.39, 0.29) is 30.5 Å². The van der Waals surface area contributed by atoms with Crippen LogP contribution in [0, 0.1) is 11.7 Å². The van der Waals surface area contributed by atoms with Crippen molar-refractivity contribution in [3.8, 4) is 5.75 Å². The van der Waals surface area contributed by atoms with Crippen LogP contribution in [0.4, 0.5) is 9.18 Å². The molecule has 1 saturated carbocycles. The predicted octanol–water partition coefficient (Wildman–Crippen LogP) is 3.50. The lowest BCUT2D eigenvalue weighted by atomic mass is 10.2. The summed E-state index contributed by atoms with van der Waals surface area (Å²) in [6.45, 7) is 2.11. The van der Waals surface area contributed by atoms with E-state index in [0.717, 1.165) is 17.8 Å². The van der Waals surface area contributed by atoms with Gasteiger partial charge in [0, 0.05) is 17.6 Å². The number of rotatable bonds is 7. The number of benzene rings is 1. The molecule has 1 heterocycles. The van der Waals surface area contributed by atoms with Gasteiger partial charge in [0.05, 0.1) is 12.1 Å². The third kappa shape index (κ3) is 4.67. The van der Waals surface area contributed by atoms with Crippen molar-refractivity contribution in [2.75, 3.05) is 6.61 Å². The van der Waals surface area contributed by atoms with Gasteiger partial charge >= 0.3 is 6.03 Å². The number of aromatic nitrogens is 1. The molecule has 0 spiro atoms. The number of carbonyl (C=O) groups is 1. The molecule has 1 aromatic carbocycles. The standard InChI is InChI=1S/C17H20FN3O2S/c1-11(10-23-14-4-2-3-13(18)9-14)20-17(22)21-15(12-5-6-12)16-19-7-8-24-16/h2-4,7-9,11-12,15H,5-6,10H2,1H3,(H2,20,21,22)/t11-,15+/m1/s1.